The van der Waals surface area contributed by atoms with Crippen LogP contribution in [0, 0.1) is 0 Å². The molecule has 1 heterocycles. The number of rotatable bonds is 5. The number of carbonyl (C=O) groups is 1. The summed E-state index contributed by atoms with van der Waals surface area (Å²) in [5.41, 5.74) is 1.25. The lowest BCUT2D eigenvalue weighted by Gasteiger charge is -2.37. The molecular weight excluding hydrogens is 278 g/mol. The first-order valence-electron chi connectivity index (χ1n) is 8.07. The third kappa shape index (κ3) is 4.13. The van der Waals surface area contributed by atoms with E-state index in [1.54, 1.807) is 7.11 Å². The summed E-state index contributed by atoms with van der Waals surface area (Å²) in [6.07, 6.45) is 0. The van der Waals surface area contributed by atoms with Crippen LogP contribution in [0.1, 0.15) is 19.4 Å². The summed E-state index contributed by atoms with van der Waals surface area (Å²) in [6.45, 7) is 9.97. The van der Waals surface area contributed by atoms with E-state index in [0.717, 1.165) is 51.6 Å². The normalized spacial score (nSPS) is 15.7. The maximum atomic E-state index is 12.3. The zero-order valence-electron chi connectivity index (χ0n) is 13.9. The number of hydrogen-bond donors (Lipinski definition) is 0. The van der Waals surface area contributed by atoms with Crippen LogP contribution >= 0.6 is 0 Å². The second-order valence-electron chi connectivity index (χ2n) is 5.57. The number of urea groups is 1. The van der Waals surface area contributed by atoms with Gasteiger partial charge in [-0.3, -0.25) is 4.90 Å². The van der Waals surface area contributed by atoms with E-state index in [0.29, 0.717) is 0 Å². The van der Waals surface area contributed by atoms with Gasteiger partial charge in [0, 0.05) is 45.8 Å². The van der Waals surface area contributed by atoms with Gasteiger partial charge in [-0.25, -0.2) is 4.79 Å². The van der Waals surface area contributed by atoms with E-state index < -0.39 is 0 Å². The molecule has 22 heavy (non-hydrogen) atoms. The van der Waals surface area contributed by atoms with Crippen molar-refractivity contribution in [2.45, 2.75) is 20.4 Å². The lowest BCUT2D eigenvalue weighted by atomic mass is 10.2. The number of ether oxygens (including phenoxy) is 1. The molecule has 1 aliphatic heterocycles. The van der Waals surface area contributed by atoms with Crippen molar-refractivity contribution >= 4 is 6.03 Å². The highest BCUT2D eigenvalue weighted by molar-refractivity contribution is 5.74. The molecule has 1 saturated heterocycles. The molecule has 122 valence electrons. The molecule has 0 aromatic heterocycles. The van der Waals surface area contributed by atoms with Gasteiger partial charge < -0.3 is 14.5 Å². The highest BCUT2D eigenvalue weighted by Crippen LogP contribution is 2.15. The van der Waals surface area contributed by atoms with Crippen LogP contribution in [-0.2, 0) is 6.54 Å². The molecule has 1 fully saturated rings. The number of hydrogen-bond acceptors (Lipinski definition) is 3. The minimum absolute atomic E-state index is 0.172. The van der Waals surface area contributed by atoms with Gasteiger partial charge in [-0.15, -0.1) is 0 Å². The second kappa shape index (κ2) is 8.03. The van der Waals surface area contributed by atoms with Gasteiger partial charge in [-0.2, -0.15) is 0 Å². The predicted octanol–water partition coefficient (Wildman–Crippen LogP) is 2.27. The van der Waals surface area contributed by atoms with Crippen LogP contribution in [0.25, 0.3) is 0 Å². The Balaban J connectivity index is 1.85. The quantitative estimate of drug-likeness (QED) is 0.837. The van der Waals surface area contributed by atoms with E-state index in [9.17, 15) is 4.79 Å². The van der Waals surface area contributed by atoms with Crippen LogP contribution in [0.2, 0.25) is 0 Å². The molecule has 0 aliphatic carbocycles. The molecule has 0 radical (unpaired) electrons. The van der Waals surface area contributed by atoms with Gasteiger partial charge in [0.15, 0.2) is 0 Å². The van der Waals surface area contributed by atoms with E-state index in [-0.39, 0.29) is 6.03 Å². The maximum absolute atomic E-state index is 12.3. The number of nitrogens with zero attached hydrogens (tertiary/aromatic N) is 3. The Kier molecular flexibility index (Phi) is 6.07. The summed E-state index contributed by atoms with van der Waals surface area (Å²) < 4.78 is 5.27. The van der Waals surface area contributed by atoms with Gasteiger partial charge in [0.2, 0.25) is 0 Å². The lowest BCUT2D eigenvalue weighted by Crippen LogP contribution is -2.52. The van der Waals surface area contributed by atoms with E-state index in [4.69, 9.17) is 4.74 Å². The lowest BCUT2D eigenvalue weighted by molar-refractivity contribution is 0.112. The van der Waals surface area contributed by atoms with Crippen LogP contribution in [0.5, 0.6) is 5.75 Å². The molecule has 1 aromatic rings. The fourth-order valence-corrected chi connectivity index (χ4v) is 2.82. The molecule has 5 heteroatoms. The van der Waals surface area contributed by atoms with E-state index in [1.807, 2.05) is 35.8 Å². The first-order valence-corrected chi connectivity index (χ1v) is 8.07. The molecule has 2 rings (SSSR count). The molecule has 0 bridgehead atoms. The first-order chi connectivity index (χ1) is 10.7. The molecule has 2 amide bonds. The largest absolute Gasteiger partial charge is 0.497 e. The molecule has 1 aliphatic rings. The summed E-state index contributed by atoms with van der Waals surface area (Å²) in [5.74, 6) is 0.896. The van der Waals surface area contributed by atoms with Crippen molar-refractivity contribution < 1.29 is 9.53 Å². The topological polar surface area (TPSA) is 36.0 Å². The Morgan fingerprint density at radius 2 is 1.86 bits per heavy atom. The maximum Gasteiger partial charge on any atom is 0.320 e. The van der Waals surface area contributed by atoms with Crippen LogP contribution in [0.3, 0.4) is 0 Å². The van der Waals surface area contributed by atoms with Crippen molar-refractivity contribution in [2.75, 3.05) is 46.4 Å². The predicted molar refractivity (Wildman–Crippen MR) is 88.2 cm³/mol. The van der Waals surface area contributed by atoms with E-state index in [2.05, 4.69) is 17.0 Å². The molecule has 0 unspecified atom stereocenters. The Morgan fingerprint density at radius 1 is 1.18 bits per heavy atom. The third-order valence-corrected chi connectivity index (χ3v) is 4.22. The summed E-state index contributed by atoms with van der Waals surface area (Å²) in [7, 11) is 1.69. The fourth-order valence-electron chi connectivity index (χ4n) is 2.82. The van der Waals surface area contributed by atoms with Crippen molar-refractivity contribution in [1.29, 1.82) is 0 Å². The monoisotopic (exact) mass is 305 g/mol. The SMILES string of the molecule is CCN(CC)C(=O)N1CCN(Cc2cccc(OC)c2)CC1. The second-order valence-corrected chi connectivity index (χ2v) is 5.57. The van der Waals surface area contributed by atoms with E-state index >= 15 is 0 Å². The molecule has 0 spiro atoms. The number of methoxy groups -OCH3 is 1. The Morgan fingerprint density at radius 3 is 2.45 bits per heavy atom. The summed E-state index contributed by atoms with van der Waals surface area (Å²) in [5, 5.41) is 0. The average Bonchev–Trinajstić information content (AvgIpc) is 2.56. The highest BCUT2D eigenvalue weighted by Gasteiger charge is 2.23. The molecule has 0 atom stereocenters. The van der Waals surface area contributed by atoms with Crippen LogP contribution in [0.4, 0.5) is 4.79 Å². The van der Waals surface area contributed by atoms with Crippen LogP contribution in [-0.4, -0.2) is 67.1 Å². The van der Waals surface area contributed by atoms with Gasteiger partial charge in [0.1, 0.15) is 5.75 Å². The molecule has 1 aromatic carbocycles. The summed E-state index contributed by atoms with van der Waals surface area (Å²) in [4.78, 5) is 18.6. The molecule has 0 N–H and O–H groups in total. The molecule has 5 nitrogen and oxygen atoms in total. The smallest absolute Gasteiger partial charge is 0.320 e. The fraction of sp³-hybridized carbons (Fsp3) is 0.588. The Labute approximate surface area is 133 Å². The van der Waals surface area contributed by atoms with Crippen LogP contribution in [0.15, 0.2) is 24.3 Å². The van der Waals surface area contributed by atoms with Crippen molar-refractivity contribution in [3.05, 3.63) is 29.8 Å². The van der Waals surface area contributed by atoms with Crippen LogP contribution < -0.4 is 4.74 Å². The minimum Gasteiger partial charge on any atom is -0.497 e. The number of piperazine rings is 1. The van der Waals surface area contributed by atoms with Crippen molar-refractivity contribution in [3.63, 3.8) is 0 Å². The highest BCUT2D eigenvalue weighted by atomic mass is 16.5. The number of benzene rings is 1. The van der Waals surface area contributed by atoms with Gasteiger partial charge >= 0.3 is 6.03 Å². The van der Waals surface area contributed by atoms with Gasteiger partial charge in [-0.1, -0.05) is 12.1 Å². The molecule has 0 saturated carbocycles. The Hall–Kier alpha value is -1.75. The van der Waals surface area contributed by atoms with Gasteiger partial charge in [0.05, 0.1) is 7.11 Å². The van der Waals surface area contributed by atoms with Crippen molar-refractivity contribution in [1.82, 2.24) is 14.7 Å². The standard InChI is InChI=1S/C17H27N3O2/c1-4-19(5-2)17(21)20-11-9-18(10-12-20)14-15-7-6-8-16(13-15)22-3/h6-8,13H,4-5,9-12,14H2,1-3H3. The summed E-state index contributed by atoms with van der Waals surface area (Å²) in [6, 6.07) is 8.35. The number of carbonyl (C=O) groups excluding carboxylic acids is 1. The minimum atomic E-state index is 0.172. The number of amides is 2. The van der Waals surface area contributed by atoms with Gasteiger partial charge in [0.25, 0.3) is 0 Å². The van der Waals surface area contributed by atoms with Crippen molar-refractivity contribution in [2.24, 2.45) is 0 Å². The first kappa shape index (κ1) is 16.6. The molecular formula is C17H27N3O2. The van der Waals surface area contributed by atoms with Gasteiger partial charge in [-0.05, 0) is 31.5 Å². The third-order valence-electron chi connectivity index (χ3n) is 4.22. The average molecular weight is 305 g/mol. The zero-order valence-corrected chi connectivity index (χ0v) is 13.9. The summed E-state index contributed by atoms with van der Waals surface area (Å²) >= 11 is 0. The van der Waals surface area contributed by atoms with Crippen molar-refractivity contribution in [3.8, 4) is 5.75 Å². The van der Waals surface area contributed by atoms with E-state index in [1.165, 1.54) is 5.56 Å². The zero-order chi connectivity index (χ0) is 15.9. The Bertz CT molecular complexity index is 481.